The fourth-order valence-electron chi connectivity index (χ4n) is 2.52. The Hall–Kier alpha value is -1.52. The molecule has 3 rings (SSSR count). The zero-order chi connectivity index (χ0) is 18.7. The molecule has 0 unspecified atom stereocenters. The van der Waals surface area contributed by atoms with Crippen molar-refractivity contribution in [3.8, 4) is 0 Å². The highest BCUT2D eigenvalue weighted by molar-refractivity contribution is 7.89. The fraction of sp³-hybridized carbons (Fsp3) is 0.375. The van der Waals surface area contributed by atoms with Gasteiger partial charge in [-0.2, -0.15) is 0 Å². The molecule has 26 heavy (non-hydrogen) atoms. The van der Waals surface area contributed by atoms with Crippen LogP contribution in [0.25, 0.3) is 0 Å². The molecule has 1 fully saturated rings. The van der Waals surface area contributed by atoms with Gasteiger partial charge in [-0.05, 0) is 38.0 Å². The van der Waals surface area contributed by atoms with E-state index in [-0.39, 0.29) is 28.1 Å². The average Bonchev–Trinajstić information content (AvgIpc) is 3.25. The summed E-state index contributed by atoms with van der Waals surface area (Å²) in [4.78, 5) is 16.4. The normalized spacial score (nSPS) is 17.4. The number of carbonyl (C=O) groups is 1. The van der Waals surface area contributed by atoms with Crippen LogP contribution < -0.4 is 10.0 Å². The summed E-state index contributed by atoms with van der Waals surface area (Å²) in [6.45, 7) is 2.63. The molecule has 1 saturated heterocycles. The summed E-state index contributed by atoms with van der Waals surface area (Å²) in [5.74, 6) is -0.452. The minimum absolute atomic E-state index is 0.0477. The minimum Gasteiger partial charge on any atom is -0.377 e. The van der Waals surface area contributed by atoms with Crippen molar-refractivity contribution in [3.63, 3.8) is 0 Å². The first kappa shape index (κ1) is 19.2. The van der Waals surface area contributed by atoms with E-state index in [0.717, 1.165) is 18.5 Å². The zero-order valence-corrected chi connectivity index (χ0v) is 16.4. The lowest BCUT2D eigenvalue weighted by atomic mass is 10.2. The molecule has 0 radical (unpaired) electrons. The number of aryl methyl sites for hydroxylation is 1. The van der Waals surface area contributed by atoms with Gasteiger partial charge in [0.25, 0.3) is 5.91 Å². The first-order valence-corrected chi connectivity index (χ1v) is 10.7. The Balaban J connectivity index is 1.76. The molecule has 0 aliphatic carbocycles. The van der Waals surface area contributed by atoms with Gasteiger partial charge in [-0.3, -0.25) is 10.1 Å². The van der Waals surface area contributed by atoms with Crippen molar-refractivity contribution in [1.82, 2.24) is 9.71 Å². The fourth-order valence-corrected chi connectivity index (χ4v) is 4.79. The molecule has 1 aliphatic heterocycles. The Morgan fingerprint density at radius 3 is 2.92 bits per heavy atom. The number of hydrogen-bond donors (Lipinski definition) is 2. The van der Waals surface area contributed by atoms with Gasteiger partial charge in [0.2, 0.25) is 10.0 Å². The van der Waals surface area contributed by atoms with Gasteiger partial charge >= 0.3 is 0 Å². The largest absolute Gasteiger partial charge is 0.377 e. The number of ether oxygens (including phenoxy) is 1. The Morgan fingerprint density at radius 2 is 2.27 bits per heavy atom. The number of sulfonamides is 1. The summed E-state index contributed by atoms with van der Waals surface area (Å²) >= 11 is 7.35. The van der Waals surface area contributed by atoms with E-state index in [2.05, 4.69) is 15.0 Å². The van der Waals surface area contributed by atoms with Gasteiger partial charge in [-0.1, -0.05) is 11.6 Å². The summed E-state index contributed by atoms with van der Waals surface area (Å²) < 4.78 is 33.0. The van der Waals surface area contributed by atoms with Crippen LogP contribution in [-0.2, 0) is 14.8 Å². The molecule has 1 aromatic carbocycles. The molecule has 140 valence electrons. The molecule has 0 spiro atoms. The number of carbonyl (C=O) groups excluding carboxylic acids is 1. The predicted molar refractivity (Wildman–Crippen MR) is 100 cm³/mol. The van der Waals surface area contributed by atoms with Crippen molar-refractivity contribution < 1.29 is 17.9 Å². The first-order valence-electron chi connectivity index (χ1n) is 7.99. The average molecular weight is 416 g/mol. The predicted octanol–water partition coefficient (Wildman–Crippen LogP) is 2.81. The van der Waals surface area contributed by atoms with Crippen LogP contribution in [0.3, 0.4) is 0 Å². The number of halogens is 1. The zero-order valence-electron chi connectivity index (χ0n) is 14.0. The monoisotopic (exact) mass is 415 g/mol. The Labute approximate surface area is 160 Å². The van der Waals surface area contributed by atoms with Gasteiger partial charge in [-0.15, -0.1) is 11.3 Å². The van der Waals surface area contributed by atoms with Crippen LogP contribution in [0, 0.1) is 6.92 Å². The Kier molecular flexibility index (Phi) is 5.93. The number of amides is 1. The number of aromatic nitrogens is 1. The standard InChI is InChI=1S/C16H18ClN3O4S2/c1-10-9-25-16(19-10)20-15(21)11-4-5-13(17)14(7-11)26(22,23)18-8-12-3-2-6-24-12/h4-5,7,9,12,18H,2-3,6,8H2,1H3,(H,19,20,21)/t12-/m0/s1. The van der Waals surface area contributed by atoms with E-state index < -0.39 is 15.9 Å². The van der Waals surface area contributed by atoms with Crippen molar-refractivity contribution in [2.75, 3.05) is 18.5 Å². The van der Waals surface area contributed by atoms with Crippen LogP contribution >= 0.6 is 22.9 Å². The maximum atomic E-state index is 12.6. The molecule has 0 bridgehead atoms. The van der Waals surface area contributed by atoms with Gasteiger partial charge in [0.05, 0.1) is 16.8 Å². The molecule has 2 N–H and O–H groups in total. The summed E-state index contributed by atoms with van der Waals surface area (Å²) in [5.41, 5.74) is 0.975. The second kappa shape index (κ2) is 8.01. The lowest BCUT2D eigenvalue weighted by Crippen LogP contribution is -2.32. The van der Waals surface area contributed by atoms with Crippen LogP contribution in [0.4, 0.5) is 5.13 Å². The van der Waals surface area contributed by atoms with E-state index in [9.17, 15) is 13.2 Å². The molecule has 7 nitrogen and oxygen atoms in total. The van der Waals surface area contributed by atoms with Crippen LogP contribution in [0.15, 0.2) is 28.5 Å². The first-order chi connectivity index (χ1) is 12.3. The van der Waals surface area contributed by atoms with E-state index in [0.29, 0.717) is 11.7 Å². The van der Waals surface area contributed by atoms with Gasteiger partial charge < -0.3 is 4.74 Å². The van der Waals surface area contributed by atoms with Crippen molar-refractivity contribution >= 4 is 44.0 Å². The highest BCUT2D eigenvalue weighted by Crippen LogP contribution is 2.24. The van der Waals surface area contributed by atoms with Crippen molar-refractivity contribution in [2.24, 2.45) is 0 Å². The van der Waals surface area contributed by atoms with E-state index in [1.54, 1.807) is 0 Å². The summed E-state index contributed by atoms with van der Waals surface area (Å²) in [6, 6.07) is 4.12. The number of benzene rings is 1. The molecule has 10 heteroatoms. The number of anilines is 1. The lowest BCUT2D eigenvalue weighted by Gasteiger charge is -2.13. The van der Waals surface area contributed by atoms with Crippen molar-refractivity contribution in [3.05, 3.63) is 39.9 Å². The summed E-state index contributed by atoms with van der Waals surface area (Å²) in [7, 11) is -3.86. The molecule has 1 atom stereocenters. The third kappa shape index (κ3) is 4.60. The van der Waals surface area contributed by atoms with Gasteiger partial charge in [0.1, 0.15) is 4.90 Å². The summed E-state index contributed by atoms with van der Waals surface area (Å²) in [5, 5.41) is 4.95. The third-order valence-corrected chi connectivity index (χ3v) is 6.63. The van der Waals surface area contributed by atoms with Crippen LogP contribution in [0.1, 0.15) is 28.9 Å². The number of hydrogen-bond acceptors (Lipinski definition) is 6. The number of nitrogens with zero attached hydrogens (tertiary/aromatic N) is 1. The quantitative estimate of drug-likeness (QED) is 0.756. The summed E-state index contributed by atoms with van der Waals surface area (Å²) in [6.07, 6.45) is 1.59. The minimum atomic E-state index is -3.86. The van der Waals surface area contributed by atoms with Crippen LogP contribution in [0.2, 0.25) is 5.02 Å². The van der Waals surface area contributed by atoms with Crippen molar-refractivity contribution in [1.29, 1.82) is 0 Å². The molecular formula is C16H18ClN3O4S2. The molecular weight excluding hydrogens is 398 g/mol. The SMILES string of the molecule is Cc1csc(NC(=O)c2ccc(Cl)c(S(=O)(=O)NC[C@@H]3CCCO3)c2)n1. The second-order valence-corrected chi connectivity index (χ2v) is 8.88. The van der Waals surface area contributed by atoms with E-state index >= 15 is 0 Å². The van der Waals surface area contributed by atoms with E-state index in [1.807, 2.05) is 12.3 Å². The van der Waals surface area contributed by atoms with Gasteiger partial charge in [-0.25, -0.2) is 18.1 Å². The van der Waals surface area contributed by atoms with Crippen LogP contribution in [0.5, 0.6) is 0 Å². The van der Waals surface area contributed by atoms with E-state index in [1.165, 1.54) is 29.5 Å². The second-order valence-electron chi connectivity index (χ2n) is 5.88. The number of rotatable bonds is 6. The maximum absolute atomic E-state index is 12.6. The third-order valence-electron chi connectivity index (χ3n) is 3.85. The Morgan fingerprint density at radius 1 is 1.46 bits per heavy atom. The van der Waals surface area contributed by atoms with Crippen LogP contribution in [-0.4, -0.2) is 38.6 Å². The molecule has 1 aliphatic rings. The highest BCUT2D eigenvalue weighted by Gasteiger charge is 2.23. The smallest absolute Gasteiger partial charge is 0.257 e. The number of nitrogens with one attached hydrogen (secondary N) is 2. The van der Waals surface area contributed by atoms with E-state index in [4.69, 9.17) is 16.3 Å². The topological polar surface area (TPSA) is 97.4 Å². The molecule has 1 amide bonds. The highest BCUT2D eigenvalue weighted by atomic mass is 35.5. The Bertz CT molecular complexity index is 908. The van der Waals surface area contributed by atoms with Gasteiger partial charge in [0.15, 0.2) is 5.13 Å². The molecule has 2 heterocycles. The lowest BCUT2D eigenvalue weighted by molar-refractivity contribution is 0.102. The molecule has 1 aromatic heterocycles. The molecule has 0 saturated carbocycles. The molecule has 2 aromatic rings. The number of thiazole rings is 1. The maximum Gasteiger partial charge on any atom is 0.257 e. The van der Waals surface area contributed by atoms with Crippen molar-refractivity contribution in [2.45, 2.75) is 30.8 Å². The van der Waals surface area contributed by atoms with Gasteiger partial charge in [0, 0.05) is 24.1 Å².